The first kappa shape index (κ1) is 16.5. The first-order chi connectivity index (χ1) is 10.3. The zero-order chi connectivity index (χ0) is 16.3. The molecule has 0 aliphatic heterocycles. The lowest BCUT2D eigenvalue weighted by atomic mass is 10.1. The highest BCUT2D eigenvalue weighted by Crippen LogP contribution is 2.19. The quantitative estimate of drug-likeness (QED) is 0.855. The number of rotatable bonds is 6. The maximum atomic E-state index is 13.3. The molecule has 0 saturated heterocycles. The number of aromatic amines is 1. The van der Waals surface area contributed by atoms with Crippen LogP contribution in [0.25, 0.3) is 10.9 Å². The van der Waals surface area contributed by atoms with Crippen molar-refractivity contribution in [3.8, 4) is 0 Å². The number of nitrogens with one attached hydrogen (secondary N) is 2. The van der Waals surface area contributed by atoms with Gasteiger partial charge >= 0.3 is 0 Å². The van der Waals surface area contributed by atoms with Gasteiger partial charge in [-0.25, -0.2) is 12.8 Å². The number of H-pyrrole nitrogens is 1. The third kappa shape index (κ3) is 4.07. The molecule has 0 spiro atoms. The molecule has 0 aliphatic carbocycles. The van der Waals surface area contributed by atoms with Crippen LogP contribution in [0.3, 0.4) is 0 Å². The fourth-order valence-electron chi connectivity index (χ4n) is 2.21. The van der Waals surface area contributed by atoms with Gasteiger partial charge in [-0.15, -0.1) is 0 Å². The number of hydrogen-bond donors (Lipinski definition) is 2. The van der Waals surface area contributed by atoms with E-state index in [1.54, 1.807) is 12.3 Å². The number of halogens is 1. The molecule has 5 nitrogen and oxygen atoms in total. The summed E-state index contributed by atoms with van der Waals surface area (Å²) in [5.41, 5.74) is 1.26. The van der Waals surface area contributed by atoms with Crippen molar-refractivity contribution >= 4 is 26.8 Å². The molecule has 1 heterocycles. The number of fused-ring (bicyclic) bond motifs is 1. The van der Waals surface area contributed by atoms with Crippen molar-refractivity contribution in [3.05, 3.63) is 35.8 Å². The Bertz CT molecular complexity index is 783. The van der Waals surface area contributed by atoms with Crippen molar-refractivity contribution in [2.24, 2.45) is 5.92 Å². The van der Waals surface area contributed by atoms with E-state index in [0.29, 0.717) is 16.5 Å². The highest BCUT2D eigenvalue weighted by Gasteiger charge is 2.18. The first-order valence-electron chi connectivity index (χ1n) is 7.09. The van der Waals surface area contributed by atoms with Crippen LogP contribution in [0.1, 0.15) is 25.8 Å². The van der Waals surface area contributed by atoms with E-state index in [1.807, 2.05) is 13.8 Å². The lowest BCUT2D eigenvalue weighted by Crippen LogP contribution is -2.35. The normalized spacial score (nSPS) is 13.2. The molecule has 120 valence electrons. The van der Waals surface area contributed by atoms with Crippen LogP contribution in [0.5, 0.6) is 0 Å². The Balaban J connectivity index is 2.09. The average molecular weight is 326 g/mol. The maximum Gasteiger partial charge on any atom is 0.237 e. The van der Waals surface area contributed by atoms with Crippen LogP contribution in [0.2, 0.25) is 0 Å². The minimum absolute atomic E-state index is 0.0208. The van der Waals surface area contributed by atoms with Crippen LogP contribution in [0.15, 0.2) is 24.4 Å². The number of carbonyl (C=O) groups is 1. The minimum atomic E-state index is -3.64. The van der Waals surface area contributed by atoms with Gasteiger partial charge < -0.3 is 4.98 Å². The molecule has 0 bridgehead atoms. The van der Waals surface area contributed by atoms with Gasteiger partial charge in [0.25, 0.3) is 0 Å². The number of sulfonamides is 1. The average Bonchev–Trinajstić information content (AvgIpc) is 2.79. The molecule has 0 unspecified atom stereocenters. The van der Waals surface area contributed by atoms with Crippen LogP contribution in [0.4, 0.5) is 4.39 Å². The molecule has 7 heteroatoms. The molecule has 22 heavy (non-hydrogen) atoms. The van der Waals surface area contributed by atoms with Gasteiger partial charge in [-0.05, 0) is 29.7 Å². The summed E-state index contributed by atoms with van der Waals surface area (Å²) >= 11 is 0. The summed E-state index contributed by atoms with van der Waals surface area (Å²) in [5, 5.41) is 0.578. The van der Waals surface area contributed by atoms with E-state index in [9.17, 15) is 17.6 Å². The largest absolute Gasteiger partial charge is 0.361 e. The van der Waals surface area contributed by atoms with Gasteiger partial charge in [-0.2, -0.15) is 0 Å². The van der Waals surface area contributed by atoms with E-state index in [0.717, 1.165) is 6.42 Å². The van der Waals surface area contributed by atoms with E-state index in [2.05, 4.69) is 9.71 Å². The molecular formula is C15H19FN2O3S. The second-order valence-electron chi connectivity index (χ2n) is 5.50. The molecule has 0 radical (unpaired) electrons. The Morgan fingerprint density at radius 2 is 2.14 bits per heavy atom. The lowest BCUT2D eigenvalue weighted by molar-refractivity contribution is -0.118. The molecule has 0 saturated carbocycles. The molecule has 1 aromatic heterocycles. The predicted octanol–water partition coefficient (Wildman–Crippen LogP) is 2.34. The Kier molecular flexibility index (Phi) is 4.85. The van der Waals surface area contributed by atoms with Gasteiger partial charge in [0.15, 0.2) is 0 Å². The van der Waals surface area contributed by atoms with Gasteiger partial charge in [-0.3, -0.25) is 9.52 Å². The van der Waals surface area contributed by atoms with Gasteiger partial charge in [-0.1, -0.05) is 20.3 Å². The molecule has 1 atom stereocenters. The Morgan fingerprint density at radius 1 is 1.41 bits per heavy atom. The molecule has 1 amide bonds. The summed E-state index contributed by atoms with van der Waals surface area (Å²) in [7, 11) is -3.64. The zero-order valence-corrected chi connectivity index (χ0v) is 13.3. The fourth-order valence-corrected chi connectivity index (χ4v) is 3.70. The Labute approximate surface area is 129 Å². The topological polar surface area (TPSA) is 79.0 Å². The predicted molar refractivity (Wildman–Crippen MR) is 83.3 cm³/mol. The van der Waals surface area contributed by atoms with E-state index in [1.165, 1.54) is 12.1 Å². The minimum Gasteiger partial charge on any atom is -0.361 e. The van der Waals surface area contributed by atoms with Crippen molar-refractivity contribution < 1.29 is 17.6 Å². The van der Waals surface area contributed by atoms with Crippen LogP contribution < -0.4 is 4.72 Å². The highest BCUT2D eigenvalue weighted by atomic mass is 32.2. The number of benzene rings is 1. The summed E-state index contributed by atoms with van der Waals surface area (Å²) < 4.78 is 39.1. The number of aromatic nitrogens is 1. The second kappa shape index (κ2) is 6.48. The summed E-state index contributed by atoms with van der Waals surface area (Å²) in [5.74, 6) is -1.13. The summed E-state index contributed by atoms with van der Waals surface area (Å²) in [6, 6.07) is 4.22. The summed E-state index contributed by atoms with van der Waals surface area (Å²) in [4.78, 5) is 14.9. The van der Waals surface area contributed by atoms with Crippen LogP contribution in [-0.4, -0.2) is 25.1 Å². The van der Waals surface area contributed by atoms with Crippen molar-refractivity contribution in [3.63, 3.8) is 0 Å². The molecule has 2 aromatic rings. The monoisotopic (exact) mass is 326 g/mol. The van der Waals surface area contributed by atoms with Crippen LogP contribution >= 0.6 is 0 Å². The molecule has 2 N–H and O–H groups in total. The van der Waals surface area contributed by atoms with Crippen molar-refractivity contribution in [2.75, 3.05) is 5.75 Å². The molecule has 1 aromatic carbocycles. The van der Waals surface area contributed by atoms with E-state index in [4.69, 9.17) is 0 Å². The second-order valence-corrected chi connectivity index (χ2v) is 7.27. The molecule has 2 rings (SSSR count). The molecule has 0 aliphatic rings. The lowest BCUT2D eigenvalue weighted by Gasteiger charge is -2.10. The van der Waals surface area contributed by atoms with Gasteiger partial charge in [0.2, 0.25) is 15.9 Å². The smallest absolute Gasteiger partial charge is 0.237 e. The Morgan fingerprint density at radius 3 is 2.82 bits per heavy atom. The van der Waals surface area contributed by atoms with Gasteiger partial charge in [0.05, 0.1) is 12.2 Å². The van der Waals surface area contributed by atoms with Crippen molar-refractivity contribution in [1.82, 2.24) is 9.71 Å². The third-order valence-electron chi connectivity index (χ3n) is 3.55. The number of amides is 1. The van der Waals surface area contributed by atoms with Crippen molar-refractivity contribution in [2.45, 2.75) is 26.7 Å². The highest BCUT2D eigenvalue weighted by molar-refractivity contribution is 7.90. The van der Waals surface area contributed by atoms with Crippen LogP contribution in [-0.2, 0) is 21.2 Å². The third-order valence-corrected chi connectivity index (χ3v) is 5.10. The summed E-state index contributed by atoms with van der Waals surface area (Å²) in [6.45, 7) is 3.70. The van der Waals surface area contributed by atoms with Crippen molar-refractivity contribution in [1.29, 1.82) is 0 Å². The SMILES string of the molecule is CC[C@@H](C)CS(=O)(=O)NC(=O)Cc1c[nH]c2ccc(F)cc12. The first-order valence-corrected chi connectivity index (χ1v) is 8.74. The van der Waals surface area contributed by atoms with Crippen LogP contribution in [0, 0.1) is 11.7 Å². The zero-order valence-electron chi connectivity index (χ0n) is 12.5. The molecule has 0 fully saturated rings. The maximum absolute atomic E-state index is 13.3. The summed E-state index contributed by atoms with van der Waals surface area (Å²) in [6.07, 6.45) is 2.19. The van der Waals surface area contributed by atoms with Gasteiger partial charge in [0, 0.05) is 17.1 Å². The van der Waals surface area contributed by atoms with E-state index in [-0.39, 0.29) is 18.1 Å². The number of hydrogen-bond acceptors (Lipinski definition) is 3. The van der Waals surface area contributed by atoms with E-state index < -0.39 is 21.7 Å². The fraction of sp³-hybridized carbons (Fsp3) is 0.400. The van der Waals surface area contributed by atoms with Gasteiger partial charge in [0.1, 0.15) is 5.82 Å². The van der Waals surface area contributed by atoms with E-state index >= 15 is 0 Å². The standard InChI is InChI=1S/C15H19FN2O3S/c1-3-10(2)9-22(20,21)18-15(19)6-11-8-17-14-5-4-12(16)7-13(11)14/h4-5,7-8,10,17H,3,6,9H2,1-2H3,(H,18,19)/t10-/m1/s1. The number of carbonyl (C=O) groups excluding carboxylic acids is 1. The Hall–Kier alpha value is -1.89. The molecular weight excluding hydrogens is 307 g/mol.